The number of benzene rings is 2. The van der Waals surface area contributed by atoms with Crippen LogP contribution in [0.15, 0.2) is 47.4 Å². The Labute approximate surface area is 188 Å². The summed E-state index contributed by atoms with van der Waals surface area (Å²) in [6, 6.07) is 11.4. The first kappa shape index (κ1) is 23.7. The molecule has 0 unspecified atom stereocenters. The van der Waals surface area contributed by atoms with Crippen LogP contribution in [0.4, 0.5) is 4.39 Å². The predicted octanol–water partition coefficient (Wildman–Crippen LogP) is 4.66. The summed E-state index contributed by atoms with van der Waals surface area (Å²) in [4.78, 5) is 14.6. The van der Waals surface area contributed by atoms with E-state index in [9.17, 15) is 17.6 Å². The number of hydrogen-bond donors (Lipinski definition) is 0. The second kappa shape index (κ2) is 9.67. The van der Waals surface area contributed by atoms with Crippen molar-refractivity contribution in [1.82, 2.24) is 9.21 Å². The van der Waals surface area contributed by atoms with Gasteiger partial charge in [-0.15, -0.1) is 0 Å². The Morgan fingerprint density at radius 1 is 1.16 bits per heavy atom. The molecule has 0 radical (unpaired) electrons. The van der Waals surface area contributed by atoms with Gasteiger partial charge in [0.25, 0.3) is 0 Å². The van der Waals surface area contributed by atoms with Crippen LogP contribution in [-0.4, -0.2) is 43.7 Å². The minimum Gasteiger partial charge on any atom is -0.341 e. The van der Waals surface area contributed by atoms with Gasteiger partial charge >= 0.3 is 0 Å². The van der Waals surface area contributed by atoms with Gasteiger partial charge in [-0.2, -0.15) is 4.31 Å². The van der Waals surface area contributed by atoms with Crippen LogP contribution in [0.5, 0.6) is 0 Å². The fraction of sp³-hybridized carbons (Fsp3) is 0.435. The standard InChI is InChI=1S/C23H28ClFN2O3S/c1-16(2)17-7-9-19(10-8-17)31(29,30)27-13-11-18(12-14-27)23(28)26(3)15-20-21(24)5-4-6-22(20)25/h4-10,16,18H,11-15H2,1-3H3. The molecule has 2 aromatic rings. The summed E-state index contributed by atoms with van der Waals surface area (Å²) >= 11 is 6.07. The van der Waals surface area contributed by atoms with E-state index < -0.39 is 15.8 Å². The fourth-order valence-electron chi connectivity index (χ4n) is 3.83. The average Bonchev–Trinajstić information content (AvgIpc) is 2.76. The molecule has 2 aromatic carbocycles. The van der Waals surface area contributed by atoms with E-state index in [0.717, 1.165) is 5.56 Å². The molecule has 3 rings (SSSR count). The molecule has 0 aromatic heterocycles. The number of carbonyl (C=O) groups excluding carboxylic acids is 1. The predicted molar refractivity (Wildman–Crippen MR) is 120 cm³/mol. The van der Waals surface area contributed by atoms with Crippen LogP contribution in [0.2, 0.25) is 5.02 Å². The zero-order valence-corrected chi connectivity index (χ0v) is 19.6. The van der Waals surface area contributed by atoms with E-state index in [1.165, 1.54) is 21.3 Å². The van der Waals surface area contributed by atoms with Gasteiger partial charge in [-0.1, -0.05) is 43.6 Å². The van der Waals surface area contributed by atoms with Crippen molar-refractivity contribution < 1.29 is 17.6 Å². The maximum absolute atomic E-state index is 14.0. The Hall–Kier alpha value is -1.96. The van der Waals surface area contributed by atoms with Crippen LogP contribution >= 0.6 is 11.6 Å². The third kappa shape index (κ3) is 5.27. The number of hydrogen-bond acceptors (Lipinski definition) is 3. The summed E-state index contributed by atoms with van der Waals surface area (Å²) in [6.07, 6.45) is 0.856. The molecular formula is C23H28ClFN2O3S. The largest absolute Gasteiger partial charge is 0.341 e. The van der Waals surface area contributed by atoms with Crippen molar-refractivity contribution in [2.45, 2.75) is 44.0 Å². The molecule has 8 heteroatoms. The van der Waals surface area contributed by atoms with Crippen LogP contribution in [-0.2, 0) is 21.4 Å². The molecule has 0 bridgehead atoms. The summed E-state index contributed by atoms with van der Waals surface area (Å²) in [7, 11) is -1.98. The Bertz CT molecular complexity index is 1010. The molecule has 0 atom stereocenters. The van der Waals surface area contributed by atoms with Crippen LogP contribution in [0.25, 0.3) is 0 Å². The first-order valence-electron chi connectivity index (χ1n) is 10.4. The van der Waals surface area contributed by atoms with Crippen molar-refractivity contribution in [3.63, 3.8) is 0 Å². The summed E-state index contributed by atoms with van der Waals surface area (Å²) in [5, 5.41) is 0.282. The zero-order chi connectivity index (χ0) is 22.8. The number of halogens is 2. The van der Waals surface area contributed by atoms with Gasteiger partial charge in [0.2, 0.25) is 15.9 Å². The van der Waals surface area contributed by atoms with E-state index in [0.29, 0.717) is 18.8 Å². The lowest BCUT2D eigenvalue weighted by Crippen LogP contribution is -2.43. The lowest BCUT2D eigenvalue weighted by atomic mass is 9.96. The number of nitrogens with zero attached hydrogens (tertiary/aromatic N) is 2. The minimum atomic E-state index is -3.59. The minimum absolute atomic E-state index is 0.0745. The van der Waals surface area contributed by atoms with Crippen LogP contribution in [0.3, 0.4) is 0 Å². The van der Waals surface area contributed by atoms with E-state index in [1.54, 1.807) is 25.2 Å². The lowest BCUT2D eigenvalue weighted by Gasteiger charge is -2.32. The van der Waals surface area contributed by atoms with E-state index in [4.69, 9.17) is 11.6 Å². The van der Waals surface area contributed by atoms with Gasteiger partial charge in [0.1, 0.15) is 5.82 Å². The molecule has 1 aliphatic rings. The van der Waals surface area contributed by atoms with Gasteiger partial charge in [0.05, 0.1) is 4.90 Å². The summed E-state index contributed by atoms with van der Waals surface area (Å²) < 4.78 is 41.4. The molecule has 1 aliphatic heterocycles. The molecule has 1 amide bonds. The van der Waals surface area contributed by atoms with Crippen LogP contribution < -0.4 is 0 Å². The third-order valence-corrected chi connectivity index (χ3v) is 8.09. The number of amides is 1. The summed E-state index contributed by atoms with van der Waals surface area (Å²) in [5.74, 6) is -0.547. The summed E-state index contributed by atoms with van der Waals surface area (Å²) in [5.41, 5.74) is 1.37. The average molecular weight is 467 g/mol. The van der Waals surface area contributed by atoms with Gasteiger partial charge in [0, 0.05) is 43.2 Å². The Morgan fingerprint density at radius 2 is 1.77 bits per heavy atom. The first-order valence-corrected chi connectivity index (χ1v) is 12.2. The first-order chi connectivity index (χ1) is 14.6. The van der Waals surface area contributed by atoms with Crippen molar-refractivity contribution in [3.8, 4) is 0 Å². The number of piperidine rings is 1. The topological polar surface area (TPSA) is 57.7 Å². The molecule has 168 valence electrons. The molecule has 1 fully saturated rings. The molecule has 0 aliphatic carbocycles. The highest BCUT2D eigenvalue weighted by Gasteiger charge is 2.33. The second-order valence-electron chi connectivity index (χ2n) is 8.30. The Morgan fingerprint density at radius 3 is 2.32 bits per heavy atom. The molecule has 1 heterocycles. The fourth-order valence-corrected chi connectivity index (χ4v) is 5.52. The number of carbonyl (C=O) groups is 1. The maximum Gasteiger partial charge on any atom is 0.243 e. The van der Waals surface area contributed by atoms with Crippen molar-refractivity contribution in [2.24, 2.45) is 5.92 Å². The van der Waals surface area contributed by atoms with Gasteiger partial charge in [-0.05, 0) is 48.6 Å². The van der Waals surface area contributed by atoms with Crippen LogP contribution in [0.1, 0.15) is 43.7 Å². The molecule has 5 nitrogen and oxygen atoms in total. The monoisotopic (exact) mass is 466 g/mol. The SMILES string of the molecule is CC(C)c1ccc(S(=O)(=O)N2CCC(C(=O)N(C)Cc3c(F)cccc3Cl)CC2)cc1. The van der Waals surface area contributed by atoms with Gasteiger partial charge in [-0.3, -0.25) is 4.79 Å². The Kier molecular flexibility index (Phi) is 7.39. The van der Waals surface area contributed by atoms with E-state index in [2.05, 4.69) is 13.8 Å². The smallest absolute Gasteiger partial charge is 0.243 e. The molecule has 31 heavy (non-hydrogen) atoms. The van der Waals surface area contributed by atoms with Crippen molar-refractivity contribution in [2.75, 3.05) is 20.1 Å². The number of sulfonamides is 1. The second-order valence-corrected chi connectivity index (χ2v) is 10.6. The van der Waals surface area contributed by atoms with E-state index >= 15 is 0 Å². The molecule has 0 saturated carbocycles. The number of rotatable bonds is 6. The lowest BCUT2D eigenvalue weighted by molar-refractivity contribution is -0.135. The highest BCUT2D eigenvalue weighted by molar-refractivity contribution is 7.89. The highest BCUT2D eigenvalue weighted by atomic mass is 35.5. The third-order valence-electron chi connectivity index (χ3n) is 5.82. The van der Waals surface area contributed by atoms with Crippen molar-refractivity contribution in [3.05, 3.63) is 64.4 Å². The van der Waals surface area contributed by atoms with E-state index in [1.807, 2.05) is 12.1 Å². The molecule has 0 spiro atoms. The molecule has 0 N–H and O–H groups in total. The quantitative estimate of drug-likeness (QED) is 0.622. The van der Waals surface area contributed by atoms with E-state index in [-0.39, 0.29) is 46.9 Å². The normalized spacial score (nSPS) is 15.9. The van der Waals surface area contributed by atoms with Gasteiger partial charge in [0.15, 0.2) is 0 Å². The Balaban J connectivity index is 1.62. The maximum atomic E-state index is 14.0. The van der Waals surface area contributed by atoms with Crippen LogP contribution in [0, 0.1) is 11.7 Å². The molecular weight excluding hydrogens is 439 g/mol. The zero-order valence-electron chi connectivity index (χ0n) is 18.0. The van der Waals surface area contributed by atoms with Crippen molar-refractivity contribution >= 4 is 27.5 Å². The highest BCUT2D eigenvalue weighted by Crippen LogP contribution is 2.27. The van der Waals surface area contributed by atoms with Gasteiger partial charge < -0.3 is 4.90 Å². The van der Waals surface area contributed by atoms with Gasteiger partial charge in [-0.25, -0.2) is 12.8 Å². The summed E-state index contributed by atoms with van der Waals surface area (Å²) in [6.45, 7) is 4.74. The molecule has 1 saturated heterocycles. The van der Waals surface area contributed by atoms with Crippen molar-refractivity contribution in [1.29, 1.82) is 0 Å².